The van der Waals surface area contributed by atoms with Crippen LogP contribution in [0.1, 0.15) is 30.1 Å². The maximum atomic E-state index is 12.3. The van der Waals surface area contributed by atoms with Gasteiger partial charge in [0, 0.05) is 24.7 Å². The fourth-order valence-corrected chi connectivity index (χ4v) is 2.87. The highest BCUT2D eigenvalue weighted by atomic mass is 35.5. The molecule has 122 valence electrons. The first kappa shape index (κ1) is 18.5. The average molecular weight is 326 g/mol. The summed E-state index contributed by atoms with van der Waals surface area (Å²) in [5.74, 6) is 0.136. The molecule has 0 saturated carbocycles. The Labute approximate surface area is 137 Å². The number of piperidine rings is 1. The van der Waals surface area contributed by atoms with Gasteiger partial charge in [-0.25, -0.2) is 0 Å². The van der Waals surface area contributed by atoms with E-state index < -0.39 is 0 Å². The van der Waals surface area contributed by atoms with E-state index >= 15 is 0 Å². The topological polar surface area (TPSA) is 75.4 Å². The van der Waals surface area contributed by atoms with Crippen molar-refractivity contribution in [3.8, 4) is 0 Å². The second-order valence-corrected chi connectivity index (χ2v) is 5.56. The minimum absolute atomic E-state index is 0. The third-order valence-corrected chi connectivity index (χ3v) is 4.11. The van der Waals surface area contributed by atoms with Gasteiger partial charge in [-0.3, -0.25) is 9.59 Å². The summed E-state index contributed by atoms with van der Waals surface area (Å²) >= 11 is 0. The van der Waals surface area contributed by atoms with Gasteiger partial charge >= 0.3 is 0 Å². The van der Waals surface area contributed by atoms with Crippen molar-refractivity contribution >= 4 is 24.2 Å². The molecular weight excluding hydrogens is 302 g/mol. The van der Waals surface area contributed by atoms with Crippen LogP contribution >= 0.6 is 12.4 Å². The Balaban J connectivity index is 0.00000242. The molecule has 1 aliphatic heterocycles. The Morgan fingerprint density at radius 1 is 1.32 bits per heavy atom. The molecule has 0 bridgehead atoms. The Kier molecular flexibility index (Phi) is 7.35. The standard InChI is InChI=1S/C16H23N3O2.ClH/c1-12-6-5-9-19(14(12)10-17)15(20)11-18-16(21)13-7-3-2-4-8-13;/h2-4,7-8,12,14H,5-6,9-11,17H2,1H3,(H,18,21);1H. The van der Waals surface area contributed by atoms with Crippen molar-refractivity contribution in [3.05, 3.63) is 35.9 Å². The van der Waals surface area contributed by atoms with Crippen molar-refractivity contribution in [2.75, 3.05) is 19.6 Å². The van der Waals surface area contributed by atoms with Gasteiger partial charge in [-0.15, -0.1) is 12.4 Å². The molecule has 6 heteroatoms. The Morgan fingerprint density at radius 2 is 2.00 bits per heavy atom. The van der Waals surface area contributed by atoms with Crippen LogP contribution in [-0.4, -0.2) is 42.4 Å². The second kappa shape index (κ2) is 8.76. The molecule has 2 atom stereocenters. The molecule has 2 unspecified atom stereocenters. The molecule has 1 aromatic rings. The Hall–Kier alpha value is -1.59. The first-order chi connectivity index (χ1) is 10.1. The van der Waals surface area contributed by atoms with Crippen LogP contribution in [-0.2, 0) is 4.79 Å². The highest BCUT2D eigenvalue weighted by molar-refractivity contribution is 5.96. The molecular formula is C16H24ClN3O2. The second-order valence-electron chi connectivity index (χ2n) is 5.56. The summed E-state index contributed by atoms with van der Waals surface area (Å²) in [5.41, 5.74) is 6.35. The van der Waals surface area contributed by atoms with Crippen LogP contribution < -0.4 is 11.1 Å². The number of likely N-dealkylation sites (tertiary alicyclic amines) is 1. The summed E-state index contributed by atoms with van der Waals surface area (Å²) in [4.78, 5) is 26.1. The van der Waals surface area contributed by atoms with Crippen LogP contribution in [0.25, 0.3) is 0 Å². The van der Waals surface area contributed by atoms with Crippen LogP contribution in [0.4, 0.5) is 0 Å². The molecule has 22 heavy (non-hydrogen) atoms. The van der Waals surface area contributed by atoms with Gasteiger partial charge in [0.25, 0.3) is 5.91 Å². The maximum Gasteiger partial charge on any atom is 0.251 e. The van der Waals surface area contributed by atoms with E-state index in [9.17, 15) is 9.59 Å². The van der Waals surface area contributed by atoms with E-state index in [4.69, 9.17) is 5.73 Å². The number of carbonyl (C=O) groups excluding carboxylic acids is 2. The van der Waals surface area contributed by atoms with Gasteiger partial charge in [0.15, 0.2) is 0 Å². The van der Waals surface area contributed by atoms with Gasteiger partial charge in [0.05, 0.1) is 6.54 Å². The zero-order valence-electron chi connectivity index (χ0n) is 12.8. The van der Waals surface area contributed by atoms with Crippen LogP contribution in [0, 0.1) is 5.92 Å². The highest BCUT2D eigenvalue weighted by Crippen LogP contribution is 2.22. The molecule has 0 aromatic heterocycles. The molecule has 2 amide bonds. The van der Waals surface area contributed by atoms with Gasteiger partial charge in [0.2, 0.25) is 5.91 Å². The number of rotatable bonds is 4. The number of amides is 2. The number of benzene rings is 1. The number of nitrogens with two attached hydrogens (primary N) is 1. The number of hydrogen-bond donors (Lipinski definition) is 2. The largest absolute Gasteiger partial charge is 0.343 e. The molecule has 1 fully saturated rings. The number of carbonyl (C=O) groups is 2. The van der Waals surface area contributed by atoms with Gasteiger partial charge in [-0.05, 0) is 30.9 Å². The molecule has 0 spiro atoms. The van der Waals surface area contributed by atoms with Crippen LogP contribution in [0.2, 0.25) is 0 Å². The summed E-state index contributed by atoms with van der Waals surface area (Å²) in [5, 5.41) is 2.68. The fraction of sp³-hybridized carbons (Fsp3) is 0.500. The zero-order valence-corrected chi connectivity index (χ0v) is 13.6. The van der Waals surface area contributed by atoms with E-state index in [1.54, 1.807) is 24.3 Å². The molecule has 0 aliphatic carbocycles. The lowest BCUT2D eigenvalue weighted by Crippen LogP contribution is -2.53. The third kappa shape index (κ3) is 4.45. The Morgan fingerprint density at radius 3 is 2.64 bits per heavy atom. The minimum atomic E-state index is -0.224. The predicted molar refractivity (Wildman–Crippen MR) is 89.0 cm³/mol. The van der Waals surface area contributed by atoms with Crippen LogP contribution in [0.3, 0.4) is 0 Å². The summed E-state index contributed by atoms with van der Waals surface area (Å²) in [7, 11) is 0. The van der Waals surface area contributed by atoms with Crippen LogP contribution in [0.15, 0.2) is 30.3 Å². The summed E-state index contributed by atoms with van der Waals surface area (Å²) in [6.07, 6.45) is 2.10. The lowest BCUT2D eigenvalue weighted by atomic mass is 9.91. The van der Waals surface area contributed by atoms with Gasteiger partial charge in [0.1, 0.15) is 0 Å². The Bertz CT molecular complexity index is 495. The molecule has 2 rings (SSSR count). The van der Waals surface area contributed by atoms with E-state index in [1.807, 2.05) is 11.0 Å². The van der Waals surface area contributed by atoms with Gasteiger partial charge in [-0.1, -0.05) is 25.1 Å². The fourth-order valence-electron chi connectivity index (χ4n) is 2.87. The molecule has 1 heterocycles. The zero-order chi connectivity index (χ0) is 15.2. The molecule has 1 aromatic carbocycles. The number of halogens is 1. The lowest BCUT2D eigenvalue weighted by molar-refractivity contribution is -0.134. The van der Waals surface area contributed by atoms with Crippen molar-refractivity contribution in [2.24, 2.45) is 11.7 Å². The first-order valence-electron chi connectivity index (χ1n) is 7.46. The lowest BCUT2D eigenvalue weighted by Gasteiger charge is -2.39. The van der Waals surface area contributed by atoms with Crippen molar-refractivity contribution in [1.82, 2.24) is 10.2 Å². The highest BCUT2D eigenvalue weighted by Gasteiger charge is 2.30. The minimum Gasteiger partial charge on any atom is -0.343 e. The van der Waals surface area contributed by atoms with Crippen molar-refractivity contribution in [1.29, 1.82) is 0 Å². The monoisotopic (exact) mass is 325 g/mol. The van der Waals surface area contributed by atoms with E-state index in [-0.39, 0.29) is 36.8 Å². The number of hydrogen-bond acceptors (Lipinski definition) is 3. The molecule has 1 saturated heterocycles. The molecule has 3 N–H and O–H groups in total. The van der Waals surface area contributed by atoms with E-state index in [0.717, 1.165) is 19.4 Å². The van der Waals surface area contributed by atoms with Crippen molar-refractivity contribution in [2.45, 2.75) is 25.8 Å². The van der Waals surface area contributed by atoms with Crippen molar-refractivity contribution in [3.63, 3.8) is 0 Å². The predicted octanol–water partition coefficient (Wildman–Crippen LogP) is 1.42. The normalized spacial score (nSPS) is 20.9. The molecule has 0 radical (unpaired) electrons. The quantitative estimate of drug-likeness (QED) is 0.879. The third-order valence-electron chi connectivity index (χ3n) is 4.11. The first-order valence-corrected chi connectivity index (χ1v) is 7.46. The summed E-state index contributed by atoms with van der Waals surface area (Å²) in [6.45, 7) is 3.35. The summed E-state index contributed by atoms with van der Waals surface area (Å²) in [6, 6.07) is 8.99. The number of nitrogens with one attached hydrogen (secondary N) is 1. The smallest absolute Gasteiger partial charge is 0.251 e. The van der Waals surface area contributed by atoms with E-state index in [2.05, 4.69) is 12.2 Å². The van der Waals surface area contributed by atoms with Gasteiger partial charge < -0.3 is 16.0 Å². The summed E-state index contributed by atoms with van der Waals surface area (Å²) < 4.78 is 0. The maximum absolute atomic E-state index is 12.3. The van der Waals surface area contributed by atoms with Gasteiger partial charge in [-0.2, -0.15) is 0 Å². The molecule has 1 aliphatic rings. The van der Waals surface area contributed by atoms with Crippen LogP contribution in [0.5, 0.6) is 0 Å². The molecule has 5 nitrogen and oxygen atoms in total. The van der Waals surface area contributed by atoms with E-state index in [1.165, 1.54) is 0 Å². The average Bonchev–Trinajstić information content (AvgIpc) is 2.52. The number of nitrogens with zero attached hydrogens (tertiary/aromatic N) is 1. The SMILES string of the molecule is CC1CCCN(C(=O)CNC(=O)c2ccccc2)C1CN.Cl. The van der Waals surface area contributed by atoms with E-state index in [0.29, 0.717) is 18.0 Å². The van der Waals surface area contributed by atoms with Crippen molar-refractivity contribution < 1.29 is 9.59 Å².